The van der Waals surface area contributed by atoms with Crippen LogP contribution in [0.5, 0.6) is 0 Å². The molecule has 0 bridgehead atoms. The van der Waals surface area contributed by atoms with Gasteiger partial charge in [0, 0.05) is 50.3 Å². The Morgan fingerprint density at radius 1 is 0.576 bits per heavy atom. The van der Waals surface area contributed by atoms with Gasteiger partial charge in [-0.15, -0.1) is 0 Å². The molecule has 0 unspecified atom stereocenters. The lowest BCUT2D eigenvalue weighted by molar-refractivity contribution is -0.294. The normalized spacial score (nSPS) is 41.0. The molecule has 2 heterocycles. The van der Waals surface area contributed by atoms with Gasteiger partial charge in [0.25, 0.3) is 0 Å². The average Bonchev–Trinajstić information content (AvgIpc) is 3.28. The molecule has 0 aromatic heterocycles. The SMILES string of the molecule is CN(CCCN(C)C[C@H](O)CO[C@@H]1[C@@H](O)[C@H](N)C[C@H](N)[C@H]1O[C@H]1O[C@H](CN)[C@@H](O)[C@H](O)[C@H]1N)C[C@H](O)CO[C@@H]1[C@@H](OCc2ccccc2)[C@H](N)C[C@H](N)[C@H]1O[C@H]1O[C@H](CN)[C@@H](O)[C@H](O)[C@H]1N. The summed E-state index contributed by atoms with van der Waals surface area (Å²) in [4.78, 5) is 3.86. The van der Waals surface area contributed by atoms with E-state index < -0.39 is 134 Å². The van der Waals surface area contributed by atoms with Gasteiger partial charge in [0.1, 0.15) is 67.1 Å². The van der Waals surface area contributed by atoms with E-state index in [4.69, 9.17) is 79.0 Å². The van der Waals surface area contributed by atoms with E-state index in [0.29, 0.717) is 25.9 Å². The number of aliphatic hydroxyl groups is 7. The van der Waals surface area contributed by atoms with Crippen molar-refractivity contribution in [1.29, 1.82) is 0 Å². The van der Waals surface area contributed by atoms with Gasteiger partial charge in [-0.3, -0.25) is 0 Å². The van der Waals surface area contributed by atoms with Crippen LogP contribution in [0, 0.1) is 0 Å². The summed E-state index contributed by atoms with van der Waals surface area (Å²) in [6.07, 6.45) is -16.2. The van der Waals surface area contributed by atoms with Crippen LogP contribution in [0.15, 0.2) is 30.3 Å². The Bertz CT molecular complexity index is 1540. The van der Waals surface area contributed by atoms with Crippen molar-refractivity contribution in [3.05, 3.63) is 35.9 Å². The maximum Gasteiger partial charge on any atom is 0.176 e. The second kappa shape index (κ2) is 25.9. The number of hydrogen-bond acceptors (Lipinski definition) is 24. The molecule has 24 heteroatoms. The van der Waals surface area contributed by atoms with Gasteiger partial charge in [0.05, 0.1) is 50.2 Å². The number of ether oxygens (including phenoxy) is 7. The lowest BCUT2D eigenvalue weighted by atomic mass is 9.84. The maximum absolute atomic E-state index is 11.2. The standard InChI is InChI=1S/C42H80N10O14/c1-51(15-21(53)18-61-39-31(55)23(45)11-25(47)37(39)65-41-29(49)34(58)32(56)27(13-43)63-41)9-6-10-52(2)16-22(54)19-62-40-36(60-17-20-7-4-3-5-8-20)24(46)12-26(48)38(40)66-42-30(50)35(59)33(57)28(14-44)64-42/h3-5,7-8,21-42,53-59H,6,9-19,43-50H2,1-2H3/t21-,22-,23+,24+,25-,26-,27+,28+,29+,30+,31-,32+,33+,34+,35+,36-,37+,38+,39+,40+,41+,42+/m0/s1. The summed E-state index contributed by atoms with van der Waals surface area (Å²) in [7, 11) is 3.70. The lowest BCUT2D eigenvalue weighted by Gasteiger charge is -2.48. The van der Waals surface area contributed by atoms with E-state index in [1.165, 1.54) is 0 Å². The van der Waals surface area contributed by atoms with Gasteiger partial charge in [-0.25, -0.2) is 0 Å². The van der Waals surface area contributed by atoms with E-state index in [9.17, 15) is 35.7 Å². The van der Waals surface area contributed by atoms with E-state index in [1.54, 1.807) is 0 Å². The summed E-state index contributed by atoms with van der Waals surface area (Å²) >= 11 is 0. The van der Waals surface area contributed by atoms with Crippen LogP contribution in [-0.2, 0) is 39.8 Å². The highest BCUT2D eigenvalue weighted by Crippen LogP contribution is 2.32. The largest absolute Gasteiger partial charge is 0.389 e. The number of hydrogen-bond donors (Lipinski definition) is 15. The molecule has 22 atom stereocenters. The summed E-state index contributed by atoms with van der Waals surface area (Å²) in [6.45, 7) is 1.31. The van der Waals surface area contributed by atoms with E-state index in [-0.39, 0.29) is 52.4 Å². The van der Waals surface area contributed by atoms with Gasteiger partial charge >= 0.3 is 0 Å². The summed E-state index contributed by atoms with van der Waals surface area (Å²) in [5.41, 5.74) is 50.6. The van der Waals surface area contributed by atoms with Crippen LogP contribution in [-0.4, -0.2) is 246 Å². The Balaban J connectivity index is 1.10. The van der Waals surface area contributed by atoms with Crippen molar-refractivity contribution < 1.29 is 68.9 Å². The van der Waals surface area contributed by atoms with E-state index in [2.05, 4.69) is 0 Å². The van der Waals surface area contributed by atoms with Crippen LogP contribution in [0.25, 0.3) is 0 Å². The molecule has 0 amide bonds. The molecular weight excluding hydrogens is 869 g/mol. The van der Waals surface area contributed by atoms with Gasteiger partial charge in [0.2, 0.25) is 0 Å². The first-order chi connectivity index (χ1) is 31.3. The van der Waals surface area contributed by atoms with Gasteiger partial charge < -0.3 is 125 Å². The quantitative estimate of drug-likeness (QED) is 0.0484. The summed E-state index contributed by atoms with van der Waals surface area (Å²) in [5.74, 6) is 0. The second-order valence-electron chi connectivity index (χ2n) is 18.5. The van der Waals surface area contributed by atoms with Gasteiger partial charge in [-0.1, -0.05) is 30.3 Å². The summed E-state index contributed by atoms with van der Waals surface area (Å²) in [5, 5.41) is 75.0. The predicted octanol–water partition coefficient (Wildman–Crippen LogP) is -7.97. The highest BCUT2D eigenvalue weighted by atomic mass is 16.7. The number of aliphatic hydroxyl groups excluding tert-OH is 7. The first-order valence-corrected chi connectivity index (χ1v) is 22.9. The number of likely N-dealkylation sites (N-methyl/N-ethyl adjacent to an activating group) is 2. The molecule has 2 aliphatic heterocycles. The zero-order chi connectivity index (χ0) is 48.4. The van der Waals surface area contributed by atoms with Crippen molar-refractivity contribution in [1.82, 2.24) is 9.80 Å². The summed E-state index contributed by atoms with van der Waals surface area (Å²) in [6, 6.07) is 4.58. The lowest BCUT2D eigenvalue weighted by Crippen LogP contribution is -2.68. The first kappa shape index (κ1) is 55.2. The molecule has 2 aliphatic carbocycles. The molecule has 2 saturated heterocycles. The molecule has 23 N–H and O–H groups in total. The Morgan fingerprint density at radius 2 is 1.02 bits per heavy atom. The smallest absolute Gasteiger partial charge is 0.176 e. The Kier molecular flexibility index (Phi) is 21.7. The van der Waals surface area contributed by atoms with Crippen LogP contribution >= 0.6 is 0 Å². The molecule has 2 saturated carbocycles. The van der Waals surface area contributed by atoms with Crippen molar-refractivity contribution in [2.75, 3.05) is 66.6 Å². The number of benzene rings is 1. The Labute approximate surface area is 386 Å². The van der Waals surface area contributed by atoms with Gasteiger partial charge in [0.15, 0.2) is 12.6 Å². The van der Waals surface area contributed by atoms with Crippen molar-refractivity contribution in [2.45, 2.75) is 160 Å². The minimum atomic E-state index is -1.39. The highest BCUT2D eigenvalue weighted by molar-refractivity contribution is 5.14. The first-order valence-electron chi connectivity index (χ1n) is 22.9. The van der Waals surface area contributed by atoms with Gasteiger partial charge in [-0.2, -0.15) is 0 Å². The van der Waals surface area contributed by atoms with Crippen molar-refractivity contribution >= 4 is 0 Å². The molecule has 4 aliphatic rings. The molecular formula is C42H80N10O14. The fraction of sp³-hybridized carbons (Fsp3) is 0.857. The van der Waals surface area contributed by atoms with Crippen LogP contribution in [0.4, 0.5) is 0 Å². The molecule has 66 heavy (non-hydrogen) atoms. The van der Waals surface area contributed by atoms with E-state index in [0.717, 1.165) is 5.56 Å². The minimum Gasteiger partial charge on any atom is -0.389 e. The third-order valence-electron chi connectivity index (χ3n) is 13.0. The molecule has 0 radical (unpaired) electrons. The van der Waals surface area contributed by atoms with Crippen molar-refractivity contribution in [3.8, 4) is 0 Å². The third kappa shape index (κ3) is 14.4. The van der Waals surface area contributed by atoms with Crippen LogP contribution < -0.4 is 45.9 Å². The Hall–Kier alpha value is -1.74. The van der Waals surface area contributed by atoms with Crippen LogP contribution in [0.3, 0.4) is 0 Å². The Morgan fingerprint density at radius 3 is 1.50 bits per heavy atom. The molecule has 1 aromatic rings. The fourth-order valence-electron chi connectivity index (χ4n) is 9.16. The zero-order valence-electron chi connectivity index (χ0n) is 38.1. The van der Waals surface area contributed by atoms with E-state index in [1.807, 2.05) is 54.2 Å². The fourth-order valence-corrected chi connectivity index (χ4v) is 9.16. The molecule has 1 aromatic carbocycles. The van der Waals surface area contributed by atoms with Gasteiger partial charge in [-0.05, 0) is 52.0 Å². The molecule has 4 fully saturated rings. The maximum atomic E-state index is 11.2. The second-order valence-corrected chi connectivity index (χ2v) is 18.5. The highest BCUT2D eigenvalue weighted by Gasteiger charge is 2.51. The topological polar surface area (TPSA) is 421 Å². The average molecular weight is 949 g/mol. The molecule has 24 nitrogen and oxygen atoms in total. The van der Waals surface area contributed by atoms with Crippen LogP contribution in [0.1, 0.15) is 24.8 Å². The third-order valence-corrected chi connectivity index (χ3v) is 13.0. The van der Waals surface area contributed by atoms with Crippen LogP contribution in [0.2, 0.25) is 0 Å². The molecule has 5 rings (SSSR count). The van der Waals surface area contributed by atoms with E-state index >= 15 is 0 Å². The molecule has 382 valence electrons. The predicted molar refractivity (Wildman–Crippen MR) is 238 cm³/mol. The monoisotopic (exact) mass is 949 g/mol. The zero-order valence-corrected chi connectivity index (χ0v) is 38.1. The van der Waals surface area contributed by atoms with Crippen molar-refractivity contribution in [3.63, 3.8) is 0 Å². The minimum absolute atomic E-state index is 0.0935. The molecule has 0 spiro atoms. The summed E-state index contributed by atoms with van der Waals surface area (Å²) < 4.78 is 42.8. The van der Waals surface area contributed by atoms with Crippen molar-refractivity contribution in [2.24, 2.45) is 45.9 Å². The number of rotatable bonds is 23. The number of nitrogens with two attached hydrogens (primary N) is 8. The number of nitrogens with zero attached hydrogens (tertiary/aromatic N) is 2.